The van der Waals surface area contributed by atoms with Crippen molar-refractivity contribution in [3.8, 4) is 11.5 Å². The molecule has 0 aliphatic carbocycles. The largest absolute Gasteiger partial charge is 0.618 e. The lowest BCUT2D eigenvalue weighted by Crippen LogP contribution is -2.43. The van der Waals surface area contributed by atoms with Crippen LogP contribution >= 0.6 is 0 Å². The second-order valence-electron chi connectivity index (χ2n) is 9.31. The second kappa shape index (κ2) is 11.3. The smallest absolute Gasteiger partial charge is 0.374 e. The van der Waals surface area contributed by atoms with Gasteiger partial charge in [0.05, 0.1) is 11.8 Å². The summed E-state index contributed by atoms with van der Waals surface area (Å²) in [6, 6.07) is 21.9. The Bertz CT molecular complexity index is 1470. The van der Waals surface area contributed by atoms with Gasteiger partial charge in [-0.25, -0.2) is 4.79 Å². The zero-order valence-electron chi connectivity index (χ0n) is 21.3. The minimum absolute atomic E-state index is 0.0883. The SMILES string of the molecule is Cc1c(OCc2ccccc2)c(OCc2ccccc2)cc(C(=O)N2CC[C@@H](c3cc(C(=O)O)on3)C2)[n+]1[O-]. The number of hydrogen-bond acceptors (Lipinski definition) is 7. The van der Waals surface area contributed by atoms with E-state index in [0.717, 1.165) is 11.1 Å². The molecular weight excluding hydrogens is 502 g/mol. The molecule has 3 heterocycles. The van der Waals surface area contributed by atoms with Gasteiger partial charge in [-0.1, -0.05) is 65.8 Å². The number of benzene rings is 2. The Morgan fingerprint density at radius 1 is 1.05 bits per heavy atom. The molecule has 0 spiro atoms. The number of hydrogen-bond donors (Lipinski definition) is 1. The Hall–Kier alpha value is -4.86. The molecule has 39 heavy (non-hydrogen) atoms. The third kappa shape index (κ3) is 5.69. The maximum atomic E-state index is 13.5. The highest BCUT2D eigenvalue weighted by atomic mass is 16.5. The van der Waals surface area contributed by atoms with E-state index in [1.54, 1.807) is 11.8 Å². The summed E-state index contributed by atoms with van der Waals surface area (Å²) in [4.78, 5) is 26.2. The fourth-order valence-corrected chi connectivity index (χ4v) is 4.53. The Labute approximate surface area is 224 Å². The van der Waals surface area contributed by atoms with Gasteiger partial charge in [-0.15, -0.1) is 0 Å². The van der Waals surface area contributed by atoms with E-state index in [1.165, 1.54) is 12.1 Å². The highest BCUT2D eigenvalue weighted by Crippen LogP contribution is 2.33. The topological polar surface area (TPSA) is 129 Å². The van der Waals surface area contributed by atoms with Gasteiger partial charge in [0, 0.05) is 32.0 Å². The first-order valence-electron chi connectivity index (χ1n) is 12.5. The summed E-state index contributed by atoms with van der Waals surface area (Å²) in [6.45, 7) is 2.69. The number of carboxylic acids is 1. The third-order valence-corrected chi connectivity index (χ3v) is 6.66. The van der Waals surface area contributed by atoms with Crippen LogP contribution in [0.1, 0.15) is 55.9 Å². The van der Waals surface area contributed by atoms with Crippen molar-refractivity contribution in [2.75, 3.05) is 13.1 Å². The van der Waals surface area contributed by atoms with Gasteiger partial charge < -0.3 is 29.2 Å². The molecule has 1 aliphatic rings. The van der Waals surface area contributed by atoms with E-state index in [2.05, 4.69) is 5.16 Å². The van der Waals surface area contributed by atoms with Gasteiger partial charge in [-0.2, -0.15) is 4.73 Å². The van der Waals surface area contributed by atoms with Crippen molar-refractivity contribution in [1.82, 2.24) is 10.1 Å². The number of carbonyl (C=O) groups is 2. The molecule has 1 amide bonds. The number of amides is 1. The quantitative estimate of drug-likeness (QED) is 0.253. The fourth-order valence-electron chi connectivity index (χ4n) is 4.53. The number of rotatable bonds is 9. The molecule has 1 saturated heterocycles. The molecule has 1 atom stereocenters. The van der Waals surface area contributed by atoms with Gasteiger partial charge in [-0.05, 0) is 17.5 Å². The van der Waals surface area contributed by atoms with Crippen LogP contribution in [0.5, 0.6) is 11.5 Å². The Kier molecular flexibility index (Phi) is 7.44. The molecule has 0 radical (unpaired) electrons. The summed E-state index contributed by atoms with van der Waals surface area (Å²) < 4.78 is 17.6. The van der Waals surface area contributed by atoms with Crippen molar-refractivity contribution in [3.63, 3.8) is 0 Å². The van der Waals surface area contributed by atoms with E-state index in [0.29, 0.717) is 29.1 Å². The van der Waals surface area contributed by atoms with Crippen LogP contribution in [0.25, 0.3) is 0 Å². The van der Waals surface area contributed by atoms with Crippen molar-refractivity contribution in [3.05, 3.63) is 112 Å². The maximum Gasteiger partial charge on any atom is 0.374 e. The molecular formula is C29H27N3O7. The highest BCUT2D eigenvalue weighted by molar-refractivity contribution is 5.92. The first kappa shape index (κ1) is 25.8. The lowest BCUT2D eigenvalue weighted by atomic mass is 10.1. The molecule has 10 nitrogen and oxygen atoms in total. The van der Waals surface area contributed by atoms with E-state index in [4.69, 9.17) is 19.1 Å². The minimum atomic E-state index is -1.21. The minimum Gasteiger partial charge on any atom is -0.618 e. The molecule has 2 aromatic heterocycles. The summed E-state index contributed by atoms with van der Waals surface area (Å²) in [6.07, 6.45) is 0.560. The summed E-state index contributed by atoms with van der Waals surface area (Å²) in [7, 11) is 0. The zero-order chi connectivity index (χ0) is 27.4. The van der Waals surface area contributed by atoms with E-state index < -0.39 is 11.9 Å². The number of carbonyl (C=O) groups excluding carboxylic acids is 1. The van der Waals surface area contributed by atoms with Crippen LogP contribution in [0.4, 0.5) is 0 Å². The van der Waals surface area contributed by atoms with E-state index in [-0.39, 0.29) is 48.6 Å². The Morgan fingerprint density at radius 3 is 2.31 bits per heavy atom. The first-order chi connectivity index (χ1) is 18.9. The number of ether oxygens (including phenoxy) is 2. The van der Waals surface area contributed by atoms with Gasteiger partial charge in [0.25, 0.3) is 5.69 Å². The summed E-state index contributed by atoms with van der Waals surface area (Å²) in [5.41, 5.74) is 2.43. The average Bonchev–Trinajstić information content (AvgIpc) is 3.64. The maximum absolute atomic E-state index is 13.5. The number of nitrogens with zero attached hydrogens (tertiary/aromatic N) is 3. The van der Waals surface area contributed by atoms with Gasteiger partial charge in [0.15, 0.2) is 5.75 Å². The van der Waals surface area contributed by atoms with Gasteiger partial charge in [0.1, 0.15) is 13.2 Å². The molecule has 5 rings (SSSR count). The molecule has 1 N–H and O–H groups in total. The average molecular weight is 530 g/mol. The number of pyridine rings is 1. The van der Waals surface area contributed by atoms with Gasteiger partial charge in [-0.3, -0.25) is 4.79 Å². The number of likely N-dealkylation sites (tertiary alicyclic amines) is 1. The molecule has 0 bridgehead atoms. The molecule has 0 saturated carbocycles. The molecule has 200 valence electrons. The third-order valence-electron chi connectivity index (χ3n) is 6.66. The normalized spacial score (nSPS) is 14.8. The molecule has 4 aromatic rings. The van der Waals surface area contributed by atoms with Crippen LogP contribution in [0.3, 0.4) is 0 Å². The number of aromatic nitrogens is 2. The fraction of sp³-hybridized carbons (Fsp3) is 0.241. The van der Waals surface area contributed by atoms with Crippen molar-refractivity contribution in [2.45, 2.75) is 32.5 Å². The molecule has 1 fully saturated rings. The molecule has 10 heteroatoms. The molecule has 1 aliphatic heterocycles. The number of aromatic carboxylic acids is 1. The van der Waals surface area contributed by atoms with Crippen LogP contribution in [-0.4, -0.2) is 40.1 Å². The van der Waals surface area contributed by atoms with E-state index >= 15 is 0 Å². The Balaban J connectivity index is 1.40. The van der Waals surface area contributed by atoms with Crippen molar-refractivity contribution in [2.24, 2.45) is 0 Å². The van der Waals surface area contributed by atoms with Crippen molar-refractivity contribution < 1.29 is 33.4 Å². The Morgan fingerprint density at radius 2 is 1.69 bits per heavy atom. The van der Waals surface area contributed by atoms with Gasteiger partial charge >= 0.3 is 11.9 Å². The van der Waals surface area contributed by atoms with Crippen LogP contribution in [0, 0.1) is 12.1 Å². The summed E-state index contributed by atoms with van der Waals surface area (Å²) in [5, 5.41) is 26.2. The second-order valence-corrected chi connectivity index (χ2v) is 9.31. The van der Waals surface area contributed by atoms with Crippen molar-refractivity contribution in [1.29, 1.82) is 0 Å². The van der Waals surface area contributed by atoms with Crippen LogP contribution < -0.4 is 14.2 Å². The summed E-state index contributed by atoms with van der Waals surface area (Å²) >= 11 is 0. The predicted molar refractivity (Wildman–Crippen MR) is 138 cm³/mol. The molecule has 0 unspecified atom stereocenters. The highest BCUT2D eigenvalue weighted by Gasteiger charge is 2.35. The number of carboxylic acid groups (broad SMARTS) is 1. The molecule has 2 aromatic carbocycles. The van der Waals surface area contributed by atoms with Gasteiger partial charge in [0.2, 0.25) is 17.2 Å². The standard InChI is InChI=1S/C29H27N3O7/c1-19-27(38-18-21-10-6-3-7-11-21)25(37-17-20-8-4-2-5-9-20)15-24(32(19)36)28(33)31-13-12-22(16-31)23-14-26(29(34)35)39-30-23/h2-11,14-15,22H,12-13,16-18H2,1H3,(H,34,35)/t22-/m1/s1. The van der Waals surface area contributed by atoms with Crippen LogP contribution in [-0.2, 0) is 13.2 Å². The summed E-state index contributed by atoms with van der Waals surface area (Å²) in [5.74, 6) is -1.56. The lowest BCUT2D eigenvalue weighted by Gasteiger charge is -2.19. The lowest BCUT2D eigenvalue weighted by molar-refractivity contribution is -0.615. The predicted octanol–water partition coefficient (Wildman–Crippen LogP) is 4.10. The monoisotopic (exact) mass is 529 g/mol. The van der Waals surface area contributed by atoms with Crippen LogP contribution in [0.15, 0.2) is 77.3 Å². The zero-order valence-corrected chi connectivity index (χ0v) is 21.3. The van der Waals surface area contributed by atoms with Crippen molar-refractivity contribution >= 4 is 11.9 Å². The van der Waals surface area contributed by atoms with Crippen LogP contribution in [0.2, 0.25) is 0 Å². The first-order valence-corrected chi connectivity index (χ1v) is 12.5. The van der Waals surface area contributed by atoms with E-state index in [9.17, 15) is 14.8 Å². The van der Waals surface area contributed by atoms with E-state index in [1.807, 2.05) is 60.7 Å².